The van der Waals surface area contributed by atoms with Gasteiger partial charge in [-0.1, -0.05) is 6.92 Å². The van der Waals surface area contributed by atoms with Crippen molar-refractivity contribution in [1.29, 1.82) is 0 Å². The third-order valence-corrected chi connectivity index (χ3v) is 2.02. The van der Waals surface area contributed by atoms with E-state index in [4.69, 9.17) is 0 Å². The molecule has 0 bridgehead atoms. The predicted octanol–water partition coefficient (Wildman–Crippen LogP) is 1.17. The minimum atomic E-state index is -2.74. The van der Waals surface area contributed by atoms with Crippen molar-refractivity contribution in [2.75, 3.05) is 0 Å². The highest BCUT2D eigenvalue weighted by Gasteiger charge is 2.44. The maximum atomic E-state index is 12.8. The molecule has 4 heteroatoms. The van der Waals surface area contributed by atoms with Gasteiger partial charge in [0.05, 0.1) is 6.04 Å². The first-order valence-corrected chi connectivity index (χ1v) is 3.61. The van der Waals surface area contributed by atoms with Crippen molar-refractivity contribution >= 4 is 5.91 Å². The average Bonchev–Trinajstić information content (AvgIpc) is 1.83. The second kappa shape index (κ2) is 2.43. The summed E-state index contributed by atoms with van der Waals surface area (Å²) in [6, 6.07) is -1.02. The lowest BCUT2D eigenvalue weighted by Gasteiger charge is -2.32. The molecule has 1 saturated heterocycles. The van der Waals surface area contributed by atoms with Gasteiger partial charge in [0.1, 0.15) is 0 Å². The molecule has 1 aliphatic rings. The van der Waals surface area contributed by atoms with Crippen LogP contribution in [0.1, 0.15) is 20.3 Å². The highest BCUT2D eigenvalue weighted by Crippen LogP contribution is 2.30. The van der Waals surface area contributed by atoms with E-state index >= 15 is 0 Å². The van der Waals surface area contributed by atoms with Crippen molar-refractivity contribution in [3.63, 3.8) is 0 Å². The van der Waals surface area contributed by atoms with Gasteiger partial charge in [0.25, 0.3) is 5.92 Å². The molecule has 1 fully saturated rings. The van der Waals surface area contributed by atoms with Gasteiger partial charge in [-0.25, -0.2) is 8.78 Å². The number of carbonyl (C=O) groups is 1. The minimum Gasteiger partial charge on any atom is -0.347 e. The third kappa shape index (κ3) is 1.49. The number of hydrogen-bond donors (Lipinski definition) is 1. The smallest absolute Gasteiger partial charge is 0.268 e. The Kier molecular flexibility index (Phi) is 1.86. The van der Waals surface area contributed by atoms with Crippen LogP contribution < -0.4 is 5.32 Å². The quantitative estimate of drug-likeness (QED) is 0.570. The molecule has 1 rings (SSSR count). The van der Waals surface area contributed by atoms with Gasteiger partial charge in [0.2, 0.25) is 5.91 Å². The Morgan fingerprint density at radius 3 is 2.55 bits per heavy atom. The van der Waals surface area contributed by atoms with Crippen molar-refractivity contribution in [1.82, 2.24) is 5.32 Å². The summed E-state index contributed by atoms with van der Waals surface area (Å²) < 4.78 is 25.6. The third-order valence-electron chi connectivity index (χ3n) is 2.02. The summed E-state index contributed by atoms with van der Waals surface area (Å²) in [5.41, 5.74) is 0. The van der Waals surface area contributed by atoms with Crippen LogP contribution >= 0.6 is 0 Å². The zero-order valence-electron chi connectivity index (χ0n) is 6.53. The van der Waals surface area contributed by atoms with Crippen LogP contribution in [0.15, 0.2) is 0 Å². The van der Waals surface area contributed by atoms with Gasteiger partial charge in [-0.15, -0.1) is 0 Å². The highest BCUT2D eigenvalue weighted by molar-refractivity contribution is 5.79. The second-order valence-corrected chi connectivity index (χ2v) is 3.10. The fraction of sp³-hybridized carbons (Fsp3) is 0.857. The van der Waals surface area contributed by atoms with Crippen LogP contribution in [0.25, 0.3) is 0 Å². The molecule has 0 saturated carbocycles. The number of carbonyl (C=O) groups excluding carboxylic acids is 1. The van der Waals surface area contributed by atoms with Gasteiger partial charge < -0.3 is 5.32 Å². The Hall–Kier alpha value is -0.670. The maximum absolute atomic E-state index is 12.8. The Morgan fingerprint density at radius 1 is 1.55 bits per heavy atom. The fourth-order valence-electron chi connectivity index (χ4n) is 1.14. The predicted molar refractivity (Wildman–Crippen MR) is 36.3 cm³/mol. The number of halogens is 2. The van der Waals surface area contributed by atoms with E-state index in [1.54, 1.807) is 0 Å². The van der Waals surface area contributed by atoms with Crippen LogP contribution in [-0.4, -0.2) is 17.9 Å². The van der Waals surface area contributed by atoms with Crippen molar-refractivity contribution in [3.05, 3.63) is 0 Å². The van der Waals surface area contributed by atoms with Crippen LogP contribution in [-0.2, 0) is 4.79 Å². The molecule has 64 valence electrons. The summed E-state index contributed by atoms with van der Waals surface area (Å²) in [4.78, 5) is 10.8. The molecule has 11 heavy (non-hydrogen) atoms. The number of piperidine rings is 1. The summed E-state index contributed by atoms with van der Waals surface area (Å²) in [5, 5.41) is 2.23. The number of hydrogen-bond acceptors (Lipinski definition) is 1. The molecule has 1 N–H and O–H groups in total. The van der Waals surface area contributed by atoms with Crippen molar-refractivity contribution in [3.8, 4) is 0 Å². The summed E-state index contributed by atoms with van der Waals surface area (Å²) in [5.74, 6) is -3.59. The summed E-state index contributed by atoms with van der Waals surface area (Å²) in [7, 11) is 0. The first kappa shape index (κ1) is 8.43. The molecule has 2 atom stereocenters. The molecule has 0 aromatic rings. The molecule has 2 nitrogen and oxygen atoms in total. The molecule has 0 spiro atoms. The zero-order chi connectivity index (χ0) is 8.65. The molecular formula is C7H11F2NO. The molecule has 0 radical (unpaired) electrons. The van der Waals surface area contributed by atoms with E-state index in [1.807, 2.05) is 0 Å². The van der Waals surface area contributed by atoms with Crippen LogP contribution in [0.5, 0.6) is 0 Å². The monoisotopic (exact) mass is 163 g/mol. The SMILES string of the molecule is CC1CC(F)(F)C(C)NC1=O. The molecule has 1 amide bonds. The molecule has 0 aromatic heterocycles. The molecule has 1 aliphatic heterocycles. The van der Waals surface area contributed by atoms with E-state index in [0.717, 1.165) is 0 Å². The molecule has 1 heterocycles. The number of rotatable bonds is 0. The summed E-state index contributed by atoms with van der Waals surface area (Å²) in [6.07, 6.45) is -0.333. The van der Waals surface area contributed by atoms with Gasteiger partial charge in [-0.05, 0) is 6.92 Å². The fourth-order valence-corrected chi connectivity index (χ4v) is 1.14. The topological polar surface area (TPSA) is 29.1 Å². The van der Waals surface area contributed by atoms with Crippen LogP contribution in [0.4, 0.5) is 8.78 Å². The Labute approximate surface area is 64.0 Å². The molecule has 0 aliphatic carbocycles. The Bertz CT molecular complexity index is 181. The van der Waals surface area contributed by atoms with E-state index < -0.39 is 17.9 Å². The van der Waals surface area contributed by atoms with Crippen molar-refractivity contribution < 1.29 is 13.6 Å². The largest absolute Gasteiger partial charge is 0.347 e. The normalized spacial score (nSPS) is 36.5. The summed E-state index contributed by atoms with van der Waals surface area (Å²) >= 11 is 0. The van der Waals surface area contributed by atoms with E-state index in [-0.39, 0.29) is 12.3 Å². The van der Waals surface area contributed by atoms with Crippen molar-refractivity contribution in [2.45, 2.75) is 32.2 Å². The molecule has 2 unspecified atom stereocenters. The Morgan fingerprint density at radius 2 is 2.09 bits per heavy atom. The van der Waals surface area contributed by atoms with Gasteiger partial charge in [0.15, 0.2) is 0 Å². The van der Waals surface area contributed by atoms with Crippen LogP contribution in [0.3, 0.4) is 0 Å². The lowest BCUT2D eigenvalue weighted by Crippen LogP contribution is -2.53. The van der Waals surface area contributed by atoms with E-state index in [0.29, 0.717) is 0 Å². The van der Waals surface area contributed by atoms with Crippen LogP contribution in [0, 0.1) is 5.92 Å². The summed E-state index contributed by atoms with van der Waals surface area (Å²) in [6.45, 7) is 2.83. The number of alkyl halides is 2. The first-order chi connectivity index (χ1) is 4.93. The van der Waals surface area contributed by atoms with E-state index in [2.05, 4.69) is 5.32 Å². The van der Waals surface area contributed by atoms with Crippen molar-refractivity contribution in [2.24, 2.45) is 5.92 Å². The first-order valence-electron chi connectivity index (χ1n) is 3.61. The van der Waals surface area contributed by atoms with E-state index in [1.165, 1.54) is 13.8 Å². The van der Waals surface area contributed by atoms with Gasteiger partial charge >= 0.3 is 0 Å². The second-order valence-electron chi connectivity index (χ2n) is 3.10. The standard InChI is InChI=1S/C7H11F2NO/c1-4-3-7(8,9)5(2)10-6(4)11/h4-5H,3H2,1-2H3,(H,10,11). The average molecular weight is 163 g/mol. The number of nitrogens with one attached hydrogen (secondary N) is 1. The zero-order valence-corrected chi connectivity index (χ0v) is 6.53. The maximum Gasteiger partial charge on any atom is 0.268 e. The highest BCUT2D eigenvalue weighted by atomic mass is 19.3. The molecular weight excluding hydrogens is 152 g/mol. The Balaban J connectivity index is 2.70. The molecule has 0 aromatic carbocycles. The van der Waals surface area contributed by atoms with Gasteiger partial charge in [-0.3, -0.25) is 4.79 Å². The van der Waals surface area contributed by atoms with Crippen LogP contribution in [0.2, 0.25) is 0 Å². The lowest BCUT2D eigenvalue weighted by atomic mass is 9.93. The lowest BCUT2D eigenvalue weighted by molar-refractivity contribution is -0.141. The number of amides is 1. The minimum absolute atomic E-state index is 0.275. The van der Waals surface area contributed by atoms with Gasteiger partial charge in [-0.2, -0.15) is 0 Å². The van der Waals surface area contributed by atoms with E-state index in [9.17, 15) is 13.6 Å². The van der Waals surface area contributed by atoms with Gasteiger partial charge in [0, 0.05) is 12.3 Å².